The lowest BCUT2D eigenvalue weighted by Crippen LogP contribution is -2.23. The third-order valence-electron chi connectivity index (χ3n) is 5.14. The van der Waals surface area contributed by atoms with Crippen molar-refractivity contribution in [2.75, 3.05) is 23.5 Å². The molecule has 1 aromatic carbocycles. The number of pyridine rings is 1. The molecule has 0 bridgehead atoms. The maximum atomic E-state index is 13.1. The van der Waals surface area contributed by atoms with Gasteiger partial charge in [-0.3, -0.25) is 9.59 Å². The van der Waals surface area contributed by atoms with Crippen LogP contribution in [0.4, 0.5) is 17.2 Å². The molecule has 1 unspecified atom stereocenters. The van der Waals surface area contributed by atoms with E-state index in [9.17, 15) is 9.59 Å². The Labute approximate surface area is 185 Å². The highest BCUT2D eigenvalue weighted by molar-refractivity contribution is 7.93. The van der Waals surface area contributed by atoms with Crippen LogP contribution in [0.1, 0.15) is 29.4 Å². The molecule has 0 saturated heterocycles. The summed E-state index contributed by atoms with van der Waals surface area (Å²) in [7, 11) is 0. The van der Waals surface area contributed by atoms with Crippen LogP contribution >= 0.6 is 12.0 Å². The summed E-state index contributed by atoms with van der Waals surface area (Å²) in [5.74, 6) is 0.495. The summed E-state index contributed by atoms with van der Waals surface area (Å²) in [5.41, 5.74) is 4.85. The summed E-state index contributed by atoms with van der Waals surface area (Å²) in [5, 5.41) is 6.15. The molecule has 7 nitrogen and oxygen atoms in total. The van der Waals surface area contributed by atoms with Gasteiger partial charge in [0.05, 0.1) is 23.6 Å². The molecule has 0 saturated carbocycles. The number of carbonyl (C=O) groups excluding carboxylic acids is 2. The number of Topliss-reactive ketones (excluding diaryl/α,β-unsaturated/α-hetero) is 1. The van der Waals surface area contributed by atoms with Crippen LogP contribution in [-0.4, -0.2) is 34.5 Å². The minimum Gasteiger partial charge on any atom is -0.356 e. The molecule has 8 heteroatoms. The number of nitrogens with one attached hydrogen (secondary N) is 3. The highest BCUT2D eigenvalue weighted by Gasteiger charge is 2.32. The zero-order valence-corrected chi connectivity index (χ0v) is 18.2. The van der Waals surface area contributed by atoms with Gasteiger partial charge in [-0.05, 0) is 48.6 Å². The standard InChI is InChI=1S/C23H24N4O3S/c1-14(28)25-20-12-16(8-9-24-20)22-23(26-17-6-4-3-5-7-17)21-18(27-22)10-15(11-19(21)29)13-30-31-2/h3-9,12,15,26-27H,10-11,13H2,1-2H3,(H,24,25,28). The van der Waals surface area contributed by atoms with Crippen LogP contribution in [0.5, 0.6) is 0 Å². The van der Waals surface area contributed by atoms with Crippen LogP contribution in [0.15, 0.2) is 48.7 Å². The Bertz CT molecular complexity index is 1100. The number of amides is 1. The van der Waals surface area contributed by atoms with Crippen LogP contribution in [0.2, 0.25) is 0 Å². The molecule has 1 aliphatic rings. The minimum absolute atomic E-state index is 0.0908. The van der Waals surface area contributed by atoms with Crippen molar-refractivity contribution in [3.05, 3.63) is 59.9 Å². The SMILES string of the molecule is CSOCC1CC(=O)c2c([nH]c(-c3ccnc(NC(C)=O)c3)c2Nc2ccccc2)C1. The maximum absolute atomic E-state index is 13.1. The molecule has 2 aromatic heterocycles. The lowest BCUT2D eigenvalue weighted by Gasteiger charge is -2.21. The number of anilines is 3. The molecule has 0 radical (unpaired) electrons. The van der Waals surface area contributed by atoms with Gasteiger partial charge < -0.3 is 19.8 Å². The molecule has 3 aromatic rings. The van der Waals surface area contributed by atoms with Gasteiger partial charge in [0.1, 0.15) is 5.82 Å². The van der Waals surface area contributed by atoms with E-state index in [1.54, 1.807) is 12.3 Å². The minimum atomic E-state index is -0.190. The van der Waals surface area contributed by atoms with E-state index in [2.05, 4.69) is 20.6 Å². The van der Waals surface area contributed by atoms with E-state index in [0.29, 0.717) is 24.4 Å². The van der Waals surface area contributed by atoms with Crippen molar-refractivity contribution in [3.63, 3.8) is 0 Å². The number of nitrogens with zero attached hydrogens (tertiary/aromatic N) is 1. The van der Waals surface area contributed by atoms with Crippen molar-refractivity contribution in [3.8, 4) is 11.3 Å². The average Bonchev–Trinajstić information content (AvgIpc) is 3.11. The van der Waals surface area contributed by atoms with Gasteiger partial charge in [0.15, 0.2) is 5.78 Å². The molecular formula is C23H24N4O3S. The molecule has 4 rings (SSSR count). The Morgan fingerprint density at radius 2 is 2.06 bits per heavy atom. The lowest BCUT2D eigenvalue weighted by molar-refractivity contribution is -0.114. The number of para-hydroxylation sites is 1. The highest BCUT2D eigenvalue weighted by atomic mass is 32.2. The molecule has 1 atom stereocenters. The topological polar surface area (TPSA) is 96.1 Å². The number of carbonyl (C=O) groups is 2. The van der Waals surface area contributed by atoms with E-state index >= 15 is 0 Å². The van der Waals surface area contributed by atoms with Crippen molar-refractivity contribution < 1.29 is 13.8 Å². The second-order valence-corrected chi connectivity index (χ2v) is 8.05. The van der Waals surface area contributed by atoms with Crippen LogP contribution in [0.25, 0.3) is 11.3 Å². The van der Waals surface area contributed by atoms with Crippen molar-refractivity contribution in [1.29, 1.82) is 0 Å². The van der Waals surface area contributed by atoms with Gasteiger partial charge in [-0.15, -0.1) is 0 Å². The Morgan fingerprint density at radius 3 is 2.81 bits per heavy atom. The van der Waals surface area contributed by atoms with Crippen LogP contribution in [-0.2, 0) is 15.4 Å². The van der Waals surface area contributed by atoms with Gasteiger partial charge in [-0.2, -0.15) is 0 Å². The molecule has 31 heavy (non-hydrogen) atoms. The molecule has 1 amide bonds. The van der Waals surface area contributed by atoms with Crippen molar-refractivity contribution in [2.45, 2.75) is 19.8 Å². The summed E-state index contributed by atoms with van der Waals surface area (Å²) in [4.78, 5) is 32.3. The van der Waals surface area contributed by atoms with E-state index in [-0.39, 0.29) is 17.6 Å². The third-order valence-corrected chi connectivity index (χ3v) is 5.51. The lowest BCUT2D eigenvalue weighted by atomic mass is 9.86. The Kier molecular flexibility index (Phi) is 6.39. The number of benzene rings is 1. The first-order valence-electron chi connectivity index (χ1n) is 10.0. The third kappa shape index (κ3) is 4.81. The van der Waals surface area contributed by atoms with Crippen LogP contribution < -0.4 is 10.6 Å². The monoisotopic (exact) mass is 436 g/mol. The molecular weight excluding hydrogens is 412 g/mol. The maximum Gasteiger partial charge on any atom is 0.222 e. The van der Waals surface area contributed by atoms with Gasteiger partial charge in [-0.25, -0.2) is 4.98 Å². The molecule has 2 heterocycles. The second-order valence-electron chi connectivity index (χ2n) is 7.48. The fraction of sp³-hybridized carbons (Fsp3) is 0.261. The number of aromatic amines is 1. The van der Waals surface area contributed by atoms with Gasteiger partial charge in [-0.1, -0.05) is 18.2 Å². The molecule has 3 N–H and O–H groups in total. The zero-order chi connectivity index (χ0) is 21.8. The van der Waals surface area contributed by atoms with Crippen LogP contribution in [0, 0.1) is 5.92 Å². The predicted octanol–water partition coefficient (Wildman–Crippen LogP) is 4.82. The Hall–Kier alpha value is -3.10. The largest absolute Gasteiger partial charge is 0.356 e. The first-order chi connectivity index (χ1) is 15.0. The number of rotatable bonds is 7. The number of H-pyrrole nitrogens is 1. The van der Waals surface area contributed by atoms with Gasteiger partial charge in [0.25, 0.3) is 0 Å². The van der Waals surface area contributed by atoms with E-state index < -0.39 is 0 Å². The fourth-order valence-electron chi connectivity index (χ4n) is 3.86. The van der Waals surface area contributed by atoms with E-state index in [1.807, 2.05) is 42.7 Å². The van der Waals surface area contributed by atoms with Crippen LogP contribution in [0.3, 0.4) is 0 Å². The van der Waals surface area contributed by atoms with Crippen molar-refractivity contribution >= 4 is 40.9 Å². The first-order valence-corrected chi connectivity index (χ1v) is 11.2. The first kappa shape index (κ1) is 21.1. The molecule has 0 spiro atoms. The number of ketones is 1. The molecule has 1 aliphatic carbocycles. The summed E-state index contributed by atoms with van der Waals surface area (Å²) in [6, 6.07) is 13.4. The summed E-state index contributed by atoms with van der Waals surface area (Å²) < 4.78 is 5.49. The number of fused-ring (bicyclic) bond motifs is 1. The van der Waals surface area contributed by atoms with E-state index in [0.717, 1.165) is 34.7 Å². The highest BCUT2D eigenvalue weighted by Crippen LogP contribution is 2.40. The molecule has 0 fully saturated rings. The van der Waals surface area contributed by atoms with Crippen molar-refractivity contribution in [1.82, 2.24) is 9.97 Å². The van der Waals surface area contributed by atoms with Gasteiger partial charge in [0, 0.05) is 42.7 Å². The second kappa shape index (κ2) is 9.36. The number of hydrogen-bond acceptors (Lipinski definition) is 6. The van der Waals surface area contributed by atoms with Gasteiger partial charge in [0.2, 0.25) is 5.91 Å². The number of aromatic nitrogens is 2. The average molecular weight is 437 g/mol. The zero-order valence-electron chi connectivity index (χ0n) is 17.4. The predicted molar refractivity (Wildman–Crippen MR) is 124 cm³/mol. The quantitative estimate of drug-likeness (QED) is 0.460. The fourth-order valence-corrected chi connectivity index (χ4v) is 4.19. The summed E-state index contributed by atoms with van der Waals surface area (Å²) >= 11 is 1.32. The summed E-state index contributed by atoms with van der Waals surface area (Å²) in [6.45, 7) is 1.98. The number of hydrogen-bond donors (Lipinski definition) is 3. The Balaban J connectivity index is 1.77. The van der Waals surface area contributed by atoms with Crippen molar-refractivity contribution in [2.24, 2.45) is 5.92 Å². The van der Waals surface area contributed by atoms with E-state index in [4.69, 9.17) is 4.18 Å². The van der Waals surface area contributed by atoms with Gasteiger partial charge >= 0.3 is 0 Å². The molecule has 0 aliphatic heterocycles. The Morgan fingerprint density at radius 1 is 1.26 bits per heavy atom. The van der Waals surface area contributed by atoms with E-state index in [1.165, 1.54) is 19.0 Å². The smallest absolute Gasteiger partial charge is 0.222 e. The normalized spacial score (nSPS) is 15.4. The summed E-state index contributed by atoms with van der Waals surface area (Å²) in [6.07, 6.45) is 4.70. The molecule has 160 valence electrons.